The predicted octanol–water partition coefficient (Wildman–Crippen LogP) is 0.748. The van der Waals surface area contributed by atoms with Crippen molar-refractivity contribution in [3.63, 3.8) is 0 Å². The number of carbonyl (C=O) groups is 1. The Morgan fingerprint density at radius 2 is 2.25 bits per heavy atom. The number of nitrogens with one attached hydrogen (secondary N) is 1. The maximum atomic E-state index is 11.3. The van der Waals surface area contributed by atoms with Crippen molar-refractivity contribution >= 4 is 5.91 Å². The molecule has 0 spiro atoms. The smallest absolute Gasteiger partial charge is 0.219 e. The number of carbonyl (C=O) groups excluding carboxylic acids is 1. The van der Waals surface area contributed by atoms with Crippen LogP contribution in [0.25, 0.3) is 0 Å². The molecule has 1 heterocycles. The molecule has 0 bridgehead atoms. The van der Waals surface area contributed by atoms with Gasteiger partial charge in [0.15, 0.2) is 0 Å². The summed E-state index contributed by atoms with van der Waals surface area (Å²) in [7, 11) is 0. The normalized spacial score (nSPS) is 23.1. The first kappa shape index (κ1) is 13.5. The van der Waals surface area contributed by atoms with Crippen LogP contribution >= 0.6 is 0 Å². The Morgan fingerprint density at radius 1 is 1.56 bits per heavy atom. The highest BCUT2D eigenvalue weighted by Crippen LogP contribution is 2.13. The molecule has 0 aromatic carbocycles. The van der Waals surface area contributed by atoms with Crippen molar-refractivity contribution < 1.29 is 9.90 Å². The summed E-state index contributed by atoms with van der Waals surface area (Å²) in [5.74, 6) is 0.120. The third kappa shape index (κ3) is 4.94. The molecule has 94 valence electrons. The van der Waals surface area contributed by atoms with E-state index in [1.54, 1.807) is 0 Å². The minimum atomic E-state index is -0.656. The van der Waals surface area contributed by atoms with Crippen molar-refractivity contribution in [2.24, 2.45) is 0 Å². The number of amides is 1. The lowest BCUT2D eigenvalue weighted by Crippen LogP contribution is -2.50. The van der Waals surface area contributed by atoms with Crippen LogP contribution < -0.4 is 5.32 Å². The molecule has 1 atom stereocenters. The summed E-state index contributed by atoms with van der Waals surface area (Å²) in [6.45, 7) is 8.05. The lowest BCUT2D eigenvalue weighted by molar-refractivity contribution is -0.121. The quantitative estimate of drug-likeness (QED) is 0.746. The summed E-state index contributed by atoms with van der Waals surface area (Å²) < 4.78 is 0. The minimum Gasteiger partial charge on any atom is -0.389 e. The summed E-state index contributed by atoms with van der Waals surface area (Å²) in [6, 6.07) is 0.253. The zero-order chi connectivity index (χ0) is 12.2. The highest BCUT2D eigenvalue weighted by Gasteiger charge is 2.25. The first-order valence-electron chi connectivity index (χ1n) is 6.15. The molecule has 1 aliphatic heterocycles. The Bertz CT molecular complexity index is 236. The van der Waals surface area contributed by atoms with Gasteiger partial charge < -0.3 is 10.4 Å². The molecule has 0 aliphatic carbocycles. The van der Waals surface area contributed by atoms with E-state index in [0.717, 1.165) is 25.9 Å². The first-order valence-corrected chi connectivity index (χ1v) is 6.15. The lowest BCUT2D eigenvalue weighted by atomic mass is 10.0. The fourth-order valence-electron chi connectivity index (χ4n) is 2.19. The Kier molecular flexibility index (Phi) is 4.74. The number of hydrogen-bond acceptors (Lipinski definition) is 3. The van der Waals surface area contributed by atoms with E-state index < -0.39 is 5.60 Å². The van der Waals surface area contributed by atoms with Gasteiger partial charge in [0, 0.05) is 25.6 Å². The maximum absolute atomic E-state index is 11.3. The number of aliphatic hydroxyl groups is 1. The largest absolute Gasteiger partial charge is 0.389 e. The highest BCUT2D eigenvalue weighted by molar-refractivity contribution is 5.75. The highest BCUT2D eigenvalue weighted by atomic mass is 16.3. The fourth-order valence-corrected chi connectivity index (χ4v) is 2.19. The van der Waals surface area contributed by atoms with Crippen LogP contribution in [0.15, 0.2) is 0 Å². The maximum Gasteiger partial charge on any atom is 0.219 e. The second kappa shape index (κ2) is 5.64. The van der Waals surface area contributed by atoms with Crippen LogP contribution in [0, 0.1) is 0 Å². The molecule has 16 heavy (non-hydrogen) atoms. The molecular weight excluding hydrogens is 204 g/mol. The molecule has 1 amide bonds. The van der Waals surface area contributed by atoms with E-state index >= 15 is 0 Å². The lowest BCUT2D eigenvalue weighted by Gasteiger charge is -2.36. The monoisotopic (exact) mass is 228 g/mol. The summed E-state index contributed by atoms with van der Waals surface area (Å²) in [4.78, 5) is 13.5. The van der Waals surface area contributed by atoms with Gasteiger partial charge in [-0.25, -0.2) is 0 Å². The average molecular weight is 228 g/mol. The summed E-state index contributed by atoms with van der Waals surface area (Å²) in [5.41, 5.74) is -0.656. The van der Waals surface area contributed by atoms with E-state index in [1.165, 1.54) is 0 Å². The number of rotatable bonds is 4. The molecule has 1 rings (SSSR count). The third-order valence-corrected chi connectivity index (χ3v) is 2.80. The van der Waals surface area contributed by atoms with Crippen molar-refractivity contribution in [3.05, 3.63) is 0 Å². The average Bonchev–Trinajstić information content (AvgIpc) is 2.15. The summed E-state index contributed by atoms with van der Waals surface area (Å²) in [6.07, 6.45) is 2.68. The zero-order valence-corrected chi connectivity index (χ0v) is 10.6. The first-order chi connectivity index (χ1) is 7.40. The van der Waals surface area contributed by atoms with E-state index in [-0.39, 0.29) is 11.9 Å². The fraction of sp³-hybridized carbons (Fsp3) is 0.917. The molecule has 0 aromatic rings. The van der Waals surface area contributed by atoms with Gasteiger partial charge in [0.1, 0.15) is 0 Å². The third-order valence-electron chi connectivity index (χ3n) is 2.80. The van der Waals surface area contributed by atoms with Gasteiger partial charge in [-0.15, -0.1) is 0 Å². The Morgan fingerprint density at radius 3 is 2.81 bits per heavy atom. The van der Waals surface area contributed by atoms with Gasteiger partial charge >= 0.3 is 0 Å². The number of likely N-dealkylation sites (tertiary alicyclic amines) is 1. The molecule has 0 aromatic heterocycles. The molecule has 1 aliphatic rings. The second-order valence-electron chi connectivity index (χ2n) is 5.31. The molecule has 4 heteroatoms. The predicted molar refractivity (Wildman–Crippen MR) is 64.2 cm³/mol. The zero-order valence-electron chi connectivity index (χ0n) is 10.6. The molecule has 1 unspecified atom stereocenters. The minimum absolute atomic E-state index is 0.120. The van der Waals surface area contributed by atoms with Gasteiger partial charge in [-0.2, -0.15) is 0 Å². The number of β-amino-alcohol motifs (C(OH)–C–C–N with tert-alkyl or cyclic N) is 1. The number of nitrogens with zero attached hydrogens (tertiary/aromatic N) is 1. The van der Waals surface area contributed by atoms with E-state index in [9.17, 15) is 9.90 Å². The van der Waals surface area contributed by atoms with Crippen LogP contribution in [-0.2, 0) is 4.79 Å². The van der Waals surface area contributed by atoms with Crippen LogP contribution in [0.1, 0.15) is 40.0 Å². The number of piperidine rings is 1. The van der Waals surface area contributed by atoms with Gasteiger partial charge in [0.2, 0.25) is 5.91 Å². The van der Waals surface area contributed by atoms with Crippen molar-refractivity contribution in [1.29, 1.82) is 0 Å². The molecule has 4 nitrogen and oxygen atoms in total. The number of hydrogen-bond donors (Lipinski definition) is 2. The van der Waals surface area contributed by atoms with Crippen molar-refractivity contribution in [2.75, 3.05) is 19.6 Å². The van der Waals surface area contributed by atoms with E-state index in [0.29, 0.717) is 13.0 Å². The van der Waals surface area contributed by atoms with Crippen molar-refractivity contribution in [1.82, 2.24) is 10.2 Å². The molecule has 2 N–H and O–H groups in total. The van der Waals surface area contributed by atoms with Gasteiger partial charge in [-0.3, -0.25) is 9.69 Å². The van der Waals surface area contributed by atoms with E-state index in [4.69, 9.17) is 0 Å². The molecular formula is C12H24N2O2. The molecule has 1 fully saturated rings. The standard InChI is InChI=1S/C12H24N2O2/c1-4-11(15)13-10-6-5-7-14(8-10)9-12(2,3)16/h10,16H,4-9H2,1-3H3,(H,13,15). The SMILES string of the molecule is CCC(=O)NC1CCCN(CC(C)(C)O)C1. The van der Waals surface area contributed by atoms with Crippen LogP contribution in [0.2, 0.25) is 0 Å². The van der Waals surface area contributed by atoms with Gasteiger partial charge in [0.05, 0.1) is 5.60 Å². The Balaban J connectivity index is 2.38. The van der Waals surface area contributed by atoms with Crippen LogP contribution in [0.5, 0.6) is 0 Å². The van der Waals surface area contributed by atoms with Crippen molar-refractivity contribution in [3.8, 4) is 0 Å². The van der Waals surface area contributed by atoms with Crippen LogP contribution in [-0.4, -0.2) is 47.2 Å². The molecule has 0 radical (unpaired) electrons. The molecule has 0 saturated carbocycles. The Labute approximate surface area is 98.0 Å². The summed E-state index contributed by atoms with van der Waals surface area (Å²) in [5, 5.41) is 12.8. The van der Waals surface area contributed by atoms with Gasteiger partial charge in [-0.1, -0.05) is 6.92 Å². The van der Waals surface area contributed by atoms with Gasteiger partial charge in [-0.05, 0) is 33.2 Å². The van der Waals surface area contributed by atoms with Gasteiger partial charge in [0.25, 0.3) is 0 Å². The Hall–Kier alpha value is -0.610. The van der Waals surface area contributed by atoms with E-state index in [2.05, 4.69) is 10.2 Å². The van der Waals surface area contributed by atoms with Crippen molar-refractivity contribution in [2.45, 2.75) is 51.7 Å². The topological polar surface area (TPSA) is 52.6 Å². The van der Waals surface area contributed by atoms with Crippen LogP contribution in [0.4, 0.5) is 0 Å². The molecule has 1 saturated heterocycles. The van der Waals surface area contributed by atoms with Crippen LogP contribution in [0.3, 0.4) is 0 Å². The van der Waals surface area contributed by atoms with E-state index in [1.807, 2.05) is 20.8 Å². The second-order valence-corrected chi connectivity index (χ2v) is 5.31. The summed E-state index contributed by atoms with van der Waals surface area (Å²) >= 11 is 0.